The Hall–Kier alpha value is -1.87. The molecule has 2 aliphatic rings. The predicted molar refractivity (Wildman–Crippen MR) is 101 cm³/mol. The van der Waals surface area contributed by atoms with E-state index in [9.17, 15) is 4.79 Å². The summed E-state index contributed by atoms with van der Waals surface area (Å²) >= 11 is 3.47. The molecule has 2 aromatic rings. The van der Waals surface area contributed by atoms with Crippen molar-refractivity contribution in [3.05, 3.63) is 76.3 Å². The monoisotopic (exact) mass is 381 g/mol. The Labute approximate surface area is 151 Å². The van der Waals surface area contributed by atoms with Gasteiger partial charge in [0.05, 0.1) is 5.41 Å². The molecule has 1 aliphatic carbocycles. The van der Waals surface area contributed by atoms with Crippen molar-refractivity contribution in [2.45, 2.75) is 24.7 Å². The quantitative estimate of drug-likeness (QED) is 0.747. The van der Waals surface area contributed by atoms with Crippen LogP contribution >= 0.6 is 15.9 Å². The zero-order chi connectivity index (χ0) is 16.6. The van der Waals surface area contributed by atoms with Gasteiger partial charge >= 0.3 is 0 Å². The van der Waals surface area contributed by atoms with Crippen LogP contribution in [0.15, 0.2) is 65.1 Å². The molecule has 24 heavy (non-hydrogen) atoms. The molecule has 0 aromatic heterocycles. The fraction of sp³-hybridized carbons (Fsp3) is 0.286. The molecule has 0 atom stereocenters. The molecule has 2 nitrogen and oxygen atoms in total. The van der Waals surface area contributed by atoms with Crippen LogP contribution in [0.25, 0.3) is 5.57 Å². The Morgan fingerprint density at radius 3 is 2.29 bits per heavy atom. The van der Waals surface area contributed by atoms with Gasteiger partial charge in [-0.15, -0.1) is 0 Å². The first kappa shape index (κ1) is 15.6. The minimum atomic E-state index is -0.265. The van der Waals surface area contributed by atoms with Crippen LogP contribution in [0, 0.1) is 0 Å². The maximum Gasteiger partial charge on any atom is 0.233 e. The van der Waals surface area contributed by atoms with E-state index in [0.717, 1.165) is 42.4 Å². The van der Waals surface area contributed by atoms with E-state index in [0.29, 0.717) is 5.91 Å². The van der Waals surface area contributed by atoms with Crippen LogP contribution in [0.2, 0.25) is 0 Å². The van der Waals surface area contributed by atoms with Gasteiger partial charge in [0.2, 0.25) is 5.91 Å². The largest absolute Gasteiger partial charge is 0.338 e. The predicted octanol–water partition coefficient (Wildman–Crippen LogP) is 4.80. The highest BCUT2D eigenvalue weighted by Gasteiger charge is 2.52. The van der Waals surface area contributed by atoms with Gasteiger partial charge in [0.1, 0.15) is 0 Å². The Bertz CT molecular complexity index is 775. The number of carbonyl (C=O) groups excluding carboxylic acids is 1. The van der Waals surface area contributed by atoms with Crippen molar-refractivity contribution in [1.82, 2.24) is 4.90 Å². The van der Waals surface area contributed by atoms with Crippen molar-refractivity contribution in [3.8, 4) is 0 Å². The smallest absolute Gasteiger partial charge is 0.233 e. The maximum absolute atomic E-state index is 13.1. The molecule has 1 fully saturated rings. The summed E-state index contributed by atoms with van der Waals surface area (Å²) in [6, 6.07) is 18.7. The molecule has 0 bridgehead atoms. The molecule has 0 radical (unpaired) electrons. The molecule has 0 unspecified atom stereocenters. The molecule has 1 aliphatic heterocycles. The lowest BCUT2D eigenvalue weighted by Crippen LogP contribution is -2.41. The number of carbonyl (C=O) groups is 1. The van der Waals surface area contributed by atoms with Crippen molar-refractivity contribution in [3.63, 3.8) is 0 Å². The summed E-state index contributed by atoms with van der Waals surface area (Å²) in [7, 11) is 0. The number of rotatable bonds is 3. The minimum absolute atomic E-state index is 0.265. The van der Waals surface area contributed by atoms with Crippen LogP contribution in [-0.2, 0) is 10.2 Å². The molecule has 0 spiro atoms. The highest BCUT2D eigenvalue weighted by Crippen LogP contribution is 2.50. The summed E-state index contributed by atoms with van der Waals surface area (Å²) in [5.41, 5.74) is 3.53. The number of hydrogen-bond acceptors (Lipinski definition) is 1. The van der Waals surface area contributed by atoms with Crippen LogP contribution in [0.3, 0.4) is 0 Å². The standard InChI is InChI=1S/C21H20BrNO/c22-19-8-6-18(7-9-19)21(12-13-21)20(24)23-14-10-17(11-15-23)16-4-2-1-3-5-16/h1-10H,11-15H2. The third-order valence-electron chi connectivity index (χ3n) is 5.20. The molecular formula is C21H20BrNO. The summed E-state index contributed by atoms with van der Waals surface area (Å²) in [4.78, 5) is 15.1. The molecule has 1 heterocycles. The van der Waals surface area contributed by atoms with E-state index in [1.54, 1.807) is 0 Å². The highest BCUT2D eigenvalue weighted by atomic mass is 79.9. The molecule has 1 saturated carbocycles. The number of halogens is 1. The SMILES string of the molecule is O=C(N1CC=C(c2ccccc2)CC1)C1(c2ccc(Br)cc2)CC1. The van der Waals surface area contributed by atoms with Gasteiger partial charge in [-0.25, -0.2) is 0 Å². The second-order valence-electron chi connectivity index (χ2n) is 6.69. The zero-order valence-electron chi connectivity index (χ0n) is 13.5. The molecular weight excluding hydrogens is 362 g/mol. The fourth-order valence-corrected chi connectivity index (χ4v) is 3.85. The van der Waals surface area contributed by atoms with Gasteiger partial charge in [-0.1, -0.05) is 64.5 Å². The maximum atomic E-state index is 13.1. The van der Waals surface area contributed by atoms with Gasteiger partial charge in [0.25, 0.3) is 0 Å². The highest BCUT2D eigenvalue weighted by molar-refractivity contribution is 9.10. The van der Waals surface area contributed by atoms with E-state index >= 15 is 0 Å². The third kappa shape index (κ3) is 2.82. The molecule has 4 rings (SSSR count). The molecule has 0 saturated heterocycles. The second-order valence-corrected chi connectivity index (χ2v) is 7.60. The number of nitrogens with zero attached hydrogens (tertiary/aromatic N) is 1. The normalized spacial score (nSPS) is 18.9. The first-order chi connectivity index (χ1) is 11.7. The second kappa shape index (κ2) is 6.21. The van der Waals surface area contributed by atoms with Crippen LogP contribution < -0.4 is 0 Å². The lowest BCUT2D eigenvalue weighted by atomic mass is 9.92. The fourth-order valence-electron chi connectivity index (χ4n) is 3.59. The summed E-state index contributed by atoms with van der Waals surface area (Å²) in [6.45, 7) is 1.54. The van der Waals surface area contributed by atoms with Crippen molar-refractivity contribution in [2.75, 3.05) is 13.1 Å². The van der Waals surface area contributed by atoms with Crippen molar-refractivity contribution >= 4 is 27.4 Å². The van der Waals surface area contributed by atoms with E-state index in [-0.39, 0.29) is 5.41 Å². The summed E-state index contributed by atoms with van der Waals surface area (Å²) in [6.07, 6.45) is 5.10. The Morgan fingerprint density at radius 2 is 1.71 bits per heavy atom. The summed E-state index contributed by atoms with van der Waals surface area (Å²) < 4.78 is 1.06. The minimum Gasteiger partial charge on any atom is -0.338 e. The van der Waals surface area contributed by atoms with Gasteiger partial charge in [0, 0.05) is 17.6 Å². The van der Waals surface area contributed by atoms with E-state index in [1.807, 2.05) is 23.1 Å². The van der Waals surface area contributed by atoms with Gasteiger partial charge in [-0.05, 0) is 48.1 Å². The molecule has 2 aromatic carbocycles. The van der Waals surface area contributed by atoms with E-state index in [1.165, 1.54) is 11.1 Å². The topological polar surface area (TPSA) is 20.3 Å². The molecule has 122 valence electrons. The zero-order valence-corrected chi connectivity index (χ0v) is 15.1. The van der Waals surface area contributed by atoms with E-state index < -0.39 is 0 Å². The number of amides is 1. The molecule has 1 amide bonds. The lowest BCUT2D eigenvalue weighted by molar-refractivity contribution is -0.133. The lowest BCUT2D eigenvalue weighted by Gasteiger charge is -2.30. The Balaban J connectivity index is 1.50. The van der Waals surface area contributed by atoms with Gasteiger partial charge in [-0.2, -0.15) is 0 Å². The average Bonchev–Trinajstić information content (AvgIpc) is 3.44. The number of benzene rings is 2. The van der Waals surface area contributed by atoms with Crippen molar-refractivity contribution in [2.24, 2.45) is 0 Å². The van der Waals surface area contributed by atoms with Gasteiger partial charge in [0.15, 0.2) is 0 Å². The van der Waals surface area contributed by atoms with Crippen LogP contribution in [0.5, 0.6) is 0 Å². The Kier molecular flexibility index (Phi) is 4.05. The summed E-state index contributed by atoms with van der Waals surface area (Å²) in [5.74, 6) is 0.299. The van der Waals surface area contributed by atoms with Gasteiger partial charge < -0.3 is 4.90 Å². The van der Waals surface area contributed by atoms with E-state index in [4.69, 9.17) is 0 Å². The first-order valence-corrected chi connectivity index (χ1v) is 9.28. The molecule has 0 N–H and O–H groups in total. The van der Waals surface area contributed by atoms with Crippen molar-refractivity contribution < 1.29 is 4.79 Å². The van der Waals surface area contributed by atoms with Crippen LogP contribution in [0.1, 0.15) is 30.4 Å². The summed E-state index contributed by atoms with van der Waals surface area (Å²) in [5, 5.41) is 0. The average molecular weight is 382 g/mol. The first-order valence-electron chi connectivity index (χ1n) is 8.49. The van der Waals surface area contributed by atoms with Crippen LogP contribution in [0.4, 0.5) is 0 Å². The van der Waals surface area contributed by atoms with Crippen LogP contribution in [-0.4, -0.2) is 23.9 Å². The van der Waals surface area contributed by atoms with E-state index in [2.05, 4.69) is 58.4 Å². The molecule has 3 heteroatoms. The number of hydrogen-bond donors (Lipinski definition) is 0. The van der Waals surface area contributed by atoms with Gasteiger partial charge in [-0.3, -0.25) is 4.79 Å². The Morgan fingerprint density at radius 1 is 1.00 bits per heavy atom. The third-order valence-corrected chi connectivity index (χ3v) is 5.73. The van der Waals surface area contributed by atoms with Crippen molar-refractivity contribution in [1.29, 1.82) is 0 Å².